The molecule has 0 aromatic carbocycles. The van der Waals surface area contributed by atoms with Gasteiger partial charge in [0.05, 0.1) is 25.9 Å². The smallest absolute Gasteiger partial charge is 0.237 e. The summed E-state index contributed by atoms with van der Waals surface area (Å²) < 4.78 is 5.25. The van der Waals surface area contributed by atoms with Crippen LogP contribution in [0.15, 0.2) is 40.3 Å². The number of rotatable bonds is 5. The Labute approximate surface area is 104 Å². The standard InChI is InChI=1S/C12H14N2O2S/c13-7-12(15)14(8-10-3-1-5-16-10)9-11-4-2-6-17-11/h1-6H,7-9,13H2. The van der Waals surface area contributed by atoms with Crippen LogP contribution in [0.3, 0.4) is 0 Å². The Morgan fingerprint density at radius 1 is 1.35 bits per heavy atom. The molecule has 2 N–H and O–H groups in total. The molecule has 1 amide bonds. The molecule has 2 heterocycles. The second-order valence-corrected chi connectivity index (χ2v) is 4.64. The number of carbonyl (C=O) groups is 1. The van der Waals surface area contributed by atoms with Crippen molar-refractivity contribution < 1.29 is 9.21 Å². The first-order valence-corrected chi connectivity index (χ1v) is 6.20. The van der Waals surface area contributed by atoms with Gasteiger partial charge in [0.15, 0.2) is 0 Å². The SMILES string of the molecule is NCC(=O)N(Cc1ccco1)Cc1cccs1. The predicted octanol–water partition coefficient (Wildman–Crippen LogP) is 1.83. The maximum atomic E-state index is 11.7. The zero-order valence-electron chi connectivity index (χ0n) is 9.33. The van der Waals surface area contributed by atoms with E-state index in [1.165, 1.54) is 0 Å². The summed E-state index contributed by atoms with van der Waals surface area (Å²) in [5, 5.41) is 1.99. The molecule has 4 nitrogen and oxygen atoms in total. The average molecular weight is 250 g/mol. The number of nitrogens with two attached hydrogens (primary N) is 1. The zero-order valence-corrected chi connectivity index (χ0v) is 10.2. The fourth-order valence-corrected chi connectivity index (χ4v) is 2.26. The molecule has 90 valence electrons. The summed E-state index contributed by atoms with van der Waals surface area (Å²) in [7, 11) is 0. The van der Waals surface area contributed by atoms with E-state index in [0.29, 0.717) is 13.1 Å². The molecule has 0 aliphatic carbocycles. The van der Waals surface area contributed by atoms with Crippen molar-refractivity contribution in [1.82, 2.24) is 4.90 Å². The van der Waals surface area contributed by atoms with Crippen molar-refractivity contribution in [2.75, 3.05) is 6.54 Å². The van der Waals surface area contributed by atoms with E-state index >= 15 is 0 Å². The third-order valence-corrected chi connectivity index (χ3v) is 3.24. The Morgan fingerprint density at radius 2 is 2.24 bits per heavy atom. The van der Waals surface area contributed by atoms with Crippen LogP contribution in [0.1, 0.15) is 10.6 Å². The summed E-state index contributed by atoms with van der Waals surface area (Å²) in [5.74, 6) is 0.693. The molecule has 5 heteroatoms. The Balaban J connectivity index is 2.05. The van der Waals surface area contributed by atoms with Crippen molar-refractivity contribution in [3.05, 3.63) is 46.5 Å². The van der Waals surface area contributed by atoms with Crippen LogP contribution in [0.4, 0.5) is 0 Å². The first-order valence-electron chi connectivity index (χ1n) is 5.32. The lowest BCUT2D eigenvalue weighted by Gasteiger charge is -2.20. The topological polar surface area (TPSA) is 59.5 Å². The van der Waals surface area contributed by atoms with Gasteiger partial charge in [-0.3, -0.25) is 4.79 Å². The van der Waals surface area contributed by atoms with E-state index < -0.39 is 0 Å². The molecule has 0 aliphatic rings. The largest absolute Gasteiger partial charge is 0.467 e. The van der Waals surface area contributed by atoms with Crippen molar-refractivity contribution in [3.63, 3.8) is 0 Å². The average Bonchev–Trinajstić information content (AvgIpc) is 3.00. The fraction of sp³-hybridized carbons (Fsp3) is 0.250. The summed E-state index contributed by atoms with van der Waals surface area (Å²) in [6, 6.07) is 7.64. The molecule has 0 unspecified atom stereocenters. The zero-order chi connectivity index (χ0) is 12.1. The molecule has 0 fully saturated rings. The fourth-order valence-electron chi connectivity index (χ4n) is 1.54. The molecule has 0 saturated carbocycles. The summed E-state index contributed by atoms with van der Waals surface area (Å²) in [4.78, 5) is 14.6. The van der Waals surface area contributed by atoms with Gasteiger partial charge in [0.1, 0.15) is 5.76 Å². The van der Waals surface area contributed by atoms with Gasteiger partial charge < -0.3 is 15.1 Å². The molecule has 2 aromatic heterocycles. The van der Waals surface area contributed by atoms with Gasteiger partial charge in [-0.2, -0.15) is 0 Å². The number of nitrogens with zero attached hydrogens (tertiary/aromatic N) is 1. The highest BCUT2D eigenvalue weighted by molar-refractivity contribution is 7.09. The van der Waals surface area contributed by atoms with E-state index in [9.17, 15) is 4.79 Å². The molecule has 0 spiro atoms. The van der Waals surface area contributed by atoms with Crippen LogP contribution >= 0.6 is 11.3 Å². The molecule has 2 rings (SSSR count). The van der Waals surface area contributed by atoms with Crippen LogP contribution in [0.2, 0.25) is 0 Å². The summed E-state index contributed by atoms with van der Waals surface area (Å²) in [6.07, 6.45) is 1.60. The van der Waals surface area contributed by atoms with Gasteiger partial charge in [-0.25, -0.2) is 0 Å². The second kappa shape index (κ2) is 5.65. The second-order valence-electron chi connectivity index (χ2n) is 3.61. The van der Waals surface area contributed by atoms with Crippen LogP contribution in [-0.2, 0) is 17.9 Å². The molecular weight excluding hydrogens is 236 g/mol. The number of amides is 1. The number of hydrogen-bond acceptors (Lipinski definition) is 4. The maximum absolute atomic E-state index is 11.7. The number of carbonyl (C=O) groups excluding carboxylic acids is 1. The predicted molar refractivity (Wildman–Crippen MR) is 66.3 cm³/mol. The van der Waals surface area contributed by atoms with Crippen molar-refractivity contribution in [2.24, 2.45) is 5.73 Å². The van der Waals surface area contributed by atoms with Gasteiger partial charge in [-0.1, -0.05) is 6.07 Å². The lowest BCUT2D eigenvalue weighted by atomic mass is 10.3. The van der Waals surface area contributed by atoms with E-state index in [1.54, 1.807) is 22.5 Å². The van der Waals surface area contributed by atoms with Gasteiger partial charge in [0.2, 0.25) is 5.91 Å². The van der Waals surface area contributed by atoms with Gasteiger partial charge in [-0.15, -0.1) is 11.3 Å². The quantitative estimate of drug-likeness (QED) is 0.880. The Hall–Kier alpha value is -1.59. The molecule has 0 atom stereocenters. The van der Waals surface area contributed by atoms with Crippen molar-refractivity contribution in [2.45, 2.75) is 13.1 Å². The normalized spacial score (nSPS) is 10.4. The molecule has 17 heavy (non-hydrogen) atoms. The molecule has 0 bridgehead atoms. The number of furan rings is 1. The minimum atomic E-state index is -0.0743. The van der Waals surface area contributed by atoms with Crippen LogP contribution in [0.5, 0.6) is 0 Å². The lowest BCUT2D eigenvalue weighted by Crippen LogP contribution is -2.34. The van der Waals surface area contributed by atoms with Crippen LogP contribution < -0.4 is 5.73 Å². The molecule has 0 saturated heterocycles. The van der Waals surface area contributed by atoms with E-state index in [2.05, 4.69) is 0 Å². The van der Waals surface area contributed by atoms with Crippen molar-refractivity contribution in [3.8, 4) is 0 Å². The number of hydrogen-bond donors (Lipinski definition) is 1. The van der Waals surface area contributed by atoms with Crippen molar-refractivity contribution in [1.29, 1.82) is 0 Å². The summed E-state index contributed by atoms with van der Waals surface area (Å²) in [5.41, 5.74) is 5.41. The highest BCUT2D eigenvalue weighted by atomic mass is 32.1. The van der Waals surface area contributed by atoms with Gasteiger partial charge in [0, 0.05) is 4.88 Å². The Kier molecular flexibility index (Phi) is 3.95. The highest BCUT2D eigenvalue weighted by Crippen LogP contribution is 2.14. The minimum absolute atomic E-state index is 0.0199. The number of thiophene rings is 1. The van der Waals surface area contributed by atoms with E-state index in [4.69, 9.17) is 10.2 Å². The van der Waals surface area contributed by atoms with Gasteiger partial charge in [0.25, 0.3) is 0 Å². The summed E-state index contributed by atoms with van der Waals surface area (Å²) in [6.45, 7) is 1.06. The third-order valence-electron chi connectivity index (χ3n) is 2.38. The van der Waals surface area contributed by atoms with E-state index in [-0.39, 0.29) is 12.5 Å². The Bertz CT molecular complexity index is 415. The first-order chi connectivity index (χ1) is 8.29. The summed E-state index contributed by atoms with van der Waals surface area (Å²) >= 11 is 1.63. The van der Waals surface area contributed by atoms with Crippen molar-refractivity contribution >= 4 is 17.2 Å². The van der Waals surface area contributed by atoms with Crippen LogP contribution in [0.25, 0.3) is 0 Å². The van der Waals surface area contributed by atoms with E-state index in [1.807, 2.05) is 29.6 Å². The van der Waals surface area contributed by atoms with Crippen LogP contribution in [0, 0.1) is 0 Å². The van der Waals surface area contributed by atoms with Crippen LogP contribution in [-0.4, -0.2) is 17.4 Å². The molecule has 0 aliphatic heterocycles. The van der Waals surface area contributed by atoms with Gasteiger partial charge in [-0.05, 0) is 23.6 Å². The first kappa shape index (κ1) is 11.9. The Morgan fingerprint density at radius 3 is 2.82 bits per heavy atom. The maximum Gasteiger partial charge on any atom is 0.237 e. The third kappa shape index (κ3) is 3.18. The van der Waals surface area contributed by atoms with E-state index in [0.717, 1.165) is 10.6 Å². The monoisotopic (exact) mass is 250 g/mol. The molecular formula is C12H14N2O2S. The molecule has 0 radical (unpaired) electrons. The van der Waals surface area contributed by atoms with Gasteiger partial charge >= 0.3 is 0 Å². The molecule has 2 aromatic rings. The highest BCUT2D eigenvalue weighted by Gasteiger charge is 2.14. The lowest BCUT2D eigenvalue weighted by molar-refractivity contribution is -0.131. The minimum Gasteiger partial charge on any atom is -0.467 e.